The molecule has 1 aromatic rings. The van der Waals surface area contributed by atoms with Crippen LogP contribution in [0.3, 0.4) is 0 Å². The molecule has 1 aromatic carbocycles. The Morgan fingerprint density at radius 2 is 2.15 bits per heavy atom. The van der Waals surface area contributed by atoms with Crippen molar-refractivity contribution < 1.29 is 14.8 Å². The number of phenols is 1. The Labute approximate surface area is 117 Å². The summed E-state index contributed by atoms with van der Waals surface area (Å²) >= 11 is 0. The van der Waals surface area contributed by atoms with Crippen LogP contribution in [0, 0.1) is 10.1 Å². The van der Waals surface area contributed by atoms with Crippen molar-refractivity contribution in [3.8, 4) is 11.5 Å². The van der Waals surface area contributed by atoms with Gasteiger partial charge in [-0.1, -0.05) is 0 Å². The second-order valence-electron chi connectivity index (χ2n) is 4.91. The molecule has 0 aliphatic heterocycles. The summed E-state index contributed by atoms with van der Waals surface area (Å²) in [5.74, 6) is -0.342. The van der Waals surface area contributed by atoms with Gasteiger partial charge in [0.05, 0.1) is 12.0 Å². The third-order valence-corrected chi connectivity index (χ3v) is 2.86. The molecule has 0 saturated heterocycles. The van der Waals surface area contributed by atoms with Gasteiger partial charge in [0.1, 0.15) is 0 Å². The van der Waals surface area contributed by atoms with Crippen LogP contribution in [0.15, 0.2) is 12.1 Å². The van der Waals surface area contributed by atoms with E-state index >= 15 is 0 Å². The second kappa shape index (κ2) is 7.06. The quantitative estimate of drug-likeness (QED) is 0.512. The van der Waals surface area contributed by atoms with Gasteiger partial charge in [0.15, 0.2) is 5.75 Å². The summed E-state index contributed by atoms with van der Waals surface area (Å²) < 4.78 is 4.96. The van der Waals surface area contributed by atoms with Crippen LogP contribution in [0.25, 0.3) is 0 Å². The van der Waals surface area contributed by atoms with Crippen LogP contribution in [0.1, 0.15) is 19.4 Å². The van der Waals surface area contributed by atoms with E-state index in [9.17, 15) is 15.2 Å². The Kier molecular flexibility index (Phi) is 5.72. The maximum atomic E-state index is 10.9. The highest BCUT2D eigenvalue weighted by Gasteiger charge is 2.20. The predicted octanol–water partition coefficient (Wildman–Crippen LogP) is 1.18. The maximum absolute atomic E-state index is 10.9. The highest BCUT2D eigenvalue weighted by atomic mass is 16.6. The number of benzene rings is 1. The molecule has 0 aliphatic carbocycles. The summed E-state index contributed by atoms with van der Waals surface area (Å²) in [5.41, 5.74) is 6.03. The standard InChI is InChI=1S/C13H21N3O4/c1-8(14)7-15-9(2)4-10-5-11(16(18)19)13(17)12(6-10)20-3/h5-6,8-9,15,17H,4,7,14H2,1-3H3. The molecule has 2 atom stereocenters. The van der Waals surface area contributed by atoms with Gasteiger partial charge in [0, 0.05) is 24.7 Å². The molecule has 0 amide bonds. The van der Waals surface area contributed by atoms with E-state index in [0.717, 1.165) is 5.56 Å². The van der Waals surface area contributed by atoms with Gasteiger partial charge in [-0.2, -0.15) is 0 Å². The Morgan fingerprint density at radius 1 is 1.50 bits per heavy atom. The van der Waals surface area contributed by atoms with Crippen molar-refractivity contribution in [3.05, 3.63) is 27.8 Å². The SMILES string of the molecule is COc1cc(CC(C)NCC(C)N)cc([N+](=O)[O-])c1O. The van der Waals surface area contributed by atoms with Crippen LogP contribution in [0.4, 0.5) is 5.69 Å². The number of rotatable bonds is 7. The fourth-order valence-electron chi connectivity index (χ4n) is 1.87. The molecule has 0 heterocycles. The van der Waals surface area contributed by atoms with E-state index in [2.05, 4.69) is 5.32 Å². The fourth-order valence-corrected chi connectivity index (χ4v) is 1.87. The van der Waals surface area contributed by atoms with Crippen LogP contribution in [0.5, 0.6) is 11.5 Å². The number of aromatic hydroxyl groups is 1. The molecule has 20 heavy (non-hydrogen) atoms. The van der Waals surface area contributed by atoms with Crippen LogP contribution in [-0.2, 0) is 6.42 Å². The van der Waals surface area contributed by atoms with Crippen molar-refractivity contribution in [2.75, 3.05) is 13.7 Å². The van der Waals surface area contributed by atoms with Gasteiger partial charge in [0.2, 0.25) is 5.75 Å². The summed E-state index contributed by atoms with van der Waals surface area (Å²) in [7, 11) is 1.36. The Bertz CT molecular complexity index is 477. The van der Waals surface area contributed by atoms with Crippen LogP contribution in [0.2, 0.25) is 0 Å². The number of phenolic OH excluding ortho intramolecular Hbond substituents is 1. The molecule has 0 radical (unpaired) electrons. The van der Waals surface area contributed by atoms with E-state index in [0.29, 0.717) is 13.0 Å². The minimum Gasteiger partial charge on any atom is -0.500 e. The first-order valence-corrected chi connectivity index (χ1v) is 6.38. The number of hydrogen-bond acceptors (Lipinski definition) is 6. The van der Waals surface area contributed by atoms with Gasteiger partial charge in [-0.3, -0.25) is 10.1 Å². The molecule has 0 fully saturated rings. The molecule has 4 N–H and O–H groups in total. The summed E-state index contributed by atoms with van der Waals surface area (Å²) in [6, 6.07) is 3.12. The van der Waals surface area contributed by atoms with E-state index in [1.165, 1.54) is 13.2 Å². The lowest BCUT2D eigenvalue weighted by Crippen LogP contribution is -2.37. The van der Waals surface area contributed by atoms with Crippen molar-refractivity contribution in [2.45, 2.75) is 32.4 Å². The van der Waals surface area contributed by atoms with E-state index in [1.807, 2.05) is 13.8 Å². The minimum absolute atomic E-state index is 0.0427. The maximum Gasteiger partial charge on any atom is 0.314 e. The normalized spacial score (nSPS) is 13.8. The third-order valence-electron chi connectivity index (χ3n) is 2.86. The van der Waals surface area contributed by atoms with Crippen LogP contribution >= 0.6 is 0 Å². The number of nitro benzene ring substituents is 1. The molecular formula is C13H21N3O4. The average molecular weight is 283 g/mol. The second-order valence-corrected chi connectivity index (χ2v) is 4.91. The van der Waals surface area contributed by atoms with Gasteiger partial charge >= 0.3 is 5.69 Å². The smallest absolute Gasteiger partial charge is 0.314 e. The Hall–Kier alpha value is -1.86. The predicted molar refractivity (Wildman–Crippen MR) is 76.1 cm³/mol. The average Bonchev–Trinajstić information content (AvgIpc) is 2.37. The Balaban J connectivity index is 2.90. The summed E-state index contributed by atoms with van der Waals surface area (Å²) in [6.07, 6.45) is 0.574. The van der Waals surface area contributed by atoms with Crippen molar-refractivity contribution in [3.63, 3.8) is 0 Å². The molecule has 7 heteroatoms. The number of ether oxygens (including phenoxy) is 1. The molecule has 0 spiro atoms. The zero-order valence-corrected chi connectivity index (χ0v) is 11.9. The zero-order chi connectivity index (χ0) is 15.3. The van der Waals surface area contributed by atoms with E-state index in [1.54, 1.807) is 6.07 Å². The lowest BCUT2D eigenvalue weighted by atomic mass is 10.0. The first-order valence-electron chi connectivity index (χ1n) is 6.38. The first kappa shape index (κ1) is 16.2. The summed E-state index contributed by atoms with van der Waals surface area (Å²) in [6.45, 7) is 4.53. The van der Waals surface area contributed by atoms with Crippen molar-refractivity contribution in [1.29, 1.82) is 0 Å². The molecule has 0 bridgehead atoms. The molecule has 0 aromatic heterocycles. The number of hydrogen-bond donors (Lipinski definition) is 3. The first-order chi connectivity index (χ1) is 9.35. The van der Waals surface area contributed by atoms with Crippen LogP contribution in [-0.4, -0.2) is 35.8 Å². The molecule has 0 saturated carbocycles. The Morgan fingerprint density at radius 3 is 2.65 bits per heavy atom. The van der Waals surface area contributed by atoms with E-state index < -0.39 is 10.7 Å². The lowest BCUT2D eigenvalue weighted by molar-refractivity contribution is -0.386. The van der Waals surface area contributed by atoms with E-state index in [-0.39, 0.29) is 23.5 Å². The topological polar surface area (TPSA) is 111 Å². The van der Waals surface area contributed by atoms with Crippen molar-refractivity contribution >= 4 is 5.69 Å². The van der Waals surface area contributed by atoms with Crippen LogP contribution < -0.4 is 15.8 Å². The monoisotopic (exact) mass is 283 g/mol. The number of nitrogens with one attached hydrogen (secondary N) is 1. The highest BCUT2D eigenvalue weighted by molar-refractivity contribution is 5.57. The number of nitrogens with two attached hydrogens (primary N) is 1. The largest absolute Gasteiger partial charge is 0.500 e. The van der Waals surface area contributed by atoms with Gasteiger partial charge in [-0.15, -0.1) is 0 Å². The zero-order valence-electron chi connectivity index (χ0n) is 11.9. The molecule has 0 aliphatic rings. The van der Waals surface area contributed by atoms with Gasteiger partial charge < -0.3 is 20.9 Å². The number of nitro groups is 1. The molecule has 7 nitrogen and oxygen atoms in total. The highest BCUT2D eigenvalue weighted by Crippen LogP contribution is 2.37. The number of nitrogens with zero attached hydrogens (tertiary/aromatic N) is 1. The van der Waals surface area contributed by atoms with Gasteiger partial charge in [0.25, 0.3) is 0 Å². The summed E-state index contributed by atoms with van der Waals surface area (Å²) in [4.78, 5) is 10.3. The van der Waals surface area contributed by atoms with E-state index in [4.69, 9.17) is 10.5 Å². The third kappa shape index (κ3) is 4.36. The summed E-state index contributed by atoms with van der Waals surface area (Å²) in [5, 5.41) is 23.8. The fraction of sp³-hybridized carbons (Fsp3) is 0.538. The van der Waals surface area contributed by atoms with Crippen molar-refractivity contribution in [2.24, 2.45) is 5.73 Å². The lowest BCUT2D eigenvalue weighted by Gasteiger charge is -2.16. The molecule has 1 rings (SSSR count). The molecule has 2 unspecified atom stereocenters. The van der Waals surface area contributed by atoms with Gasteiger partial charge in [-0.25, -0.2) is 0 Å². The number of methoxy groups -OCH3 is 1. The molecule has 112 valence electrons. The van der Waals surface area contributed by atoms with Crippen molar-refractivity contribution in [1.82, 2.24) is 5.32 Å². The minimum atomic E-state index is -0.624. The molecular weight excluding hydrogens is 262 g/mol. The van der Waals surface area contributed by atoms with Gasteiger partial charge in [-0.05, 0) is 31.9 Å².